The van der Waals surface area contributed by atoms with E-state index in [1.807, 2.05) is 0 Å². The summed E-state index contributed by atoms with van der Waals surface area (Å²) in [7, 11) is 0. The van der Waals surface area contributed by atoms with Gasteiger partial charge in [-0.1, -0.05) is 0 Å². The molecular formula is C4H7N3. The number of nitrogens with two attached hydrogens (primary N) is 1. The van der Waals surface area contributed by atoms with Gasteiger partial charge in [-0.15, -0.1) is 0 Å². The molecule has 0 aromatic heterocycles. The first kappa shape index (κ1) is 4.18. The summed E-state index contributed by atoms with van der Waals surface area (Å²) in [6.07, 6.45) is 3.36. The van der Waals surface area contributed by atoms with Crippen LogP contribution in [0.5, 0.6) is 0 Å². The summed E-state index contributed by atoms with van der Waals surface area (Å²) in [5.74, 6) is 0. The second kappa shape index (κ2) is 1.64. The first-order valence-corrected chi connectivity index (χ1v) is 2.08. The fourth-order valence-corrected chi connectivity index (χ4v) is 0.405. The molecule has 38 valence electrons. The summed E-state index contributed by atoms with van der Waals surface area (Å²) in [6, 6.07) is 0. The number of nitrogens with one attached hydrogen (secondary N) is 1. The quantitative estimate of drug-likeness (QED) is 0.425. The number of allylic oxidation sites excluding steroid dienone is 1. The highest BCUT2D eigenvalue weighted by atomic mass is 15.0. The average Bonchev–Trinajstić information content (AvgIpc) is 1.69. The lowest BCUT2D eigenvalue weighted by atomic mass is 10.5. The Bertz CT molecular complexity index is 114. The first-order valence-electron chi connectivity index (χ1n) is 2.08. The van der Waals surface area contributed by atoms with E-state index in [1.165, 1.54) is 0 Å². The monoisotopic (exact) mass is 97.1 g/mol. The van der Waals surface area contributed by atoms with Crippen molar-refractivity contribution in [3.05, 3.63) is 11.9 Å². The van der Waals surface area contributed by atoms with Crippen molar-refractivity contribution in [2.75, 3.05) is 6.67 Å². The van der Waals surface area contributed by atoms with Crippen molar-refractivity contribution >= 4 is 6.21 Å². The molecule has 0 saturated carbocycles. The van der Waals surface area contributed by atoms with Gasteiger partial charge in [-0.05, 0) is 0 Å². The number of nitrogens with zero attached hydrogens (tertiary/aromatic N) is 1. The minimum absolute atomic E-state index is 0.653. The van der Waals surface area contributed by atoms with Crippen molar-refractivity contribution in [2.45, 2.75) is 0 Å². The second-order valence-corrected chi connectivity index (χ2v) is 1.32. The fraction of sp³-hybridized carbons (Fsp3) is 0.250. The molecule has 7 heavy (non-hydrogen) atoms. The van der Waals surface area contributed by atoms with Crippen molar-refractivity contribution in [3.63, 3.8) is 0 Å². The molecule has 0 unspecified atom stereocenters. The van der Waals surface area contributed by atoms with E-state index in [0.29, 0.717) is 12.4 Å². The van der Waals surface area contributed by atoms with E-state index >= 15 is 0 Å². The van der Waals surface area contributed by atoms with Crippen LogP contribution in [0.4, 0.5) is 0 Å². The van der Waals surface area contributed by atoms with Gasteiger partial charge in [-0.3, -0.25) is 4.99 Å². The Morgan fingerprint density at radius 2 is 2.71 bits per heavy atom. The van der Waals surface area contributed by atoms with Gasteiger partial charge in [0, 0.05) is 12.4 Å². The molecule has 1 heterocycles. The highest BCUT2D eigenvalue weighted by molar-refractivity contribution is 5.77. The molecule has 0 atom stereocenters. The topological polar surface area (TPSA) is 50.4 Å². The summed E-state index contributed by atoms with van der Waals surface area (Å²) >= 11 is 0. The second-order valence-electron chi connectivity index (χ2n) is 1.32. The van der Waals surface area contributed by atoms with E-state index < -0.39 is 0 Å². The molecule has 3 heteroatoms. The maximum atomic E-state index is 5.28. The highest BCUT2D eigenvalue weighted by Crippen LogP contribution is 1.80. The van der Waals surface area contributed by atoms with Gasteiger partial charge in [-0.25, -0.2) is 0 Å². The van der Waals surface area contributed by atoms with Crippen LogP contribution < -0.4 is 11.1 Å². The highest BCUT2D eigenvalue weighted by Gasteiger charge is 1.85. The van der Waals surface area contributed by atoms with Gasteiger partial charge in [0.25, 0.3) is 0 Å². The lowest BCUT2D eigenvalue weighted by Crippen LogP contribution is -2.15. The molecule has 1 aliphatic rings. The van der Waals surface area contributed by atoms with Gasteiger partial charge in [0.15, 0.2) is 0 Å². The lowest BCUT2D eigenvalue weighted by Gasteiger charge is -2.00. The summed E-state index contributed by atoms with van der Waals surface area (Å²) in [5, 5.41) is 2.85. The Balaban J connectivity index is 2.58. The molecule has 0 spiro atoms. The van der Waals surface area contributed by atoms with E-state index in [0.717, 1.165) is 0 Å². The molecule has 0 aromatic carbocycles. The third-order valence-corrected chi connectivity index (χ3v) is 0.692. The molecule has 0 aliphatic carbocycles. The zero-order valence-electron chi connectivity index (χ0n) is 3.89. The molecule has 1 aliphatic heterocycles. The zero-order valence-corrected chi connectivity index (χ0v) is 3.89. The lowest BCUT2D eigenvalue weighted by molar-refractivity contribution is 0.867. The van der Waals surface area contributed by atoms with Crippen LogP contribution >= 0.6 is 0 Å². The van der Waals surface area contributed by atoms with Crippen LogP contribution in [-0.4, -0.2) is 12.9 Å². The number of rotatable bonds is 0. The zero-order chi connectivity index (χ0) is 5.11. The van der Waals surface area contributed by atoms with Crippen molar-refractivity contribution in [3.8, 4) is 0 Å². The third kappa shape index (κ3) is 0.924. The van der Waals surface area contributed by atoms with E-state index in [4.69, 9.17) is 5.73 Å². The molecule has 3 nitrogen and oxygen atoms in total. The molecule has 0 aromatic rings. The van der Waals surface area contributed by atoms with Crippen LogP contribution in [0.3, 0.4) is 0 Å². The van der Waals surface area contributed by atoms with E-state index in [9.17, 15) is 0 Å². The van der Waals surface area contributed by atoms with Crippen molar-refractivity contribution in [1.82, 2.24) is 5.32 Å². The summed E-state index contributed by atoms with van der Waals surface area (Å²) < 4.78 is 0. The molecule has 0 fully saturated rings. The van der Waals surface area contributed by atoms with Crippen LogP contribution in [0.15, 0.2) is 16.9 Å². The minimum Gasteiger partial charge on any atom is -0.396 e. The molecule has 3 N–H and O–H groups in total. The summed E-state index contributed by atoms with van der Waals surface area (Å²) in [6.45, 7) is 0.653. The molecule has 1 rings (SSSR count). The van der Waals surface area contributed by atoms with E-state index in [1.54, 1.807) is 12.4 Å². The van der Waals surface area contributed by atoms with Crippen molar-refractivity contribution in [2.24, 2.45) is 10.7 Å². The maximum Gasteiger partial charge on any atom is 0.107 e. The predicted octanol–water partition coefficient (Wildman–Crippen LogP) is -0.582. The molecule has 0 bridgehead atoms. The van der Waals surface area contributed by atoms with Crippen LogP contribution in [0.25, 0.3) is 0 Å². The van der Waals surface area contributed by atoms with Gasteiger partial charge in [0.05, 0.1) is 5.70 Å². The Kier molecular flexibility index (Phi) is 0.978. The average molecular weight is 97.1 g/mol. The normalized spacial score (nSPS) is 18.0. The van der Waals surface area contributed by atoms with Crippen molar-refractivity contribution < 1.29 is 0 Å². The number of hydrogen-bond acceptors (Lipinski definition) is 3. The van der Waals surface area contributed by atoms with Crippen LogP contribution in [0.1, 0.15) is 0 Å². The van der Waals surface area contributed by atoms with E-state index in [-0.39, 0.29) is 0 Å². The third-order valence-electron chi connectivity index (χ3n) is 0.692. The molecule has 0 radical (unpaired) electrons. The predicted molar refractivity (Wildman–Crippen MR) is 28.8 cm³/mol. The van der Waals surface area contributed by atoms with Crippen LogP contribution in [0, 0.1) is 0 Å². The first-order chi connectivity index (χ1) is 3.39. The minimum atomic E-state index is 0.653. The Hall–Kier alpha value is -0.990. The van der Waals surface area contributed by atoms with E-state index in [2.05, 4.69) is 10.3 Å². The molecule has 0 amide bonds. The van der Waals surface area contributed by atoms with Gasteiger partial charge in [0.1, 0.15) is 6.67 Å². The Morgan fingerprint density at radius 1 is 1.86 bits per heavy atom. The standard InChI is InChI=1S/C4H7N3/c5-4-1-6-3-7-2-4/h1-2,6H,3,5H2. The molecular weight excluding hydrogens is 90.1 g/mol. The maximum absolute atomic E-state index is 5.28. The SMILES string of the molecule is NC1=CNCN=C1. The largest absolute Gasteiger partial charge is 0.396 e. The number of hydrogen-bond donors (Lipinski definition) is 2. The van der Waals surface area contributed by atoms with Gasteiger partial charge >= 0.3 is 0 Å². The van der Waals surface area contributed by atoms with Crippen LogP contribution in [-0.2, 0) is 0 Å². The Labute approximate surface area is 41.9 Å². The Morgan fingerprint density at radius 3 is 3.00 bits per heavy atom. The van der Waals surface area contributed by atoms with Crippen LogP contribution in [0.2, 0.25) is 0 Å². The smallest absolute Gasteiger partial charge is 0.107 e. The van der Waals surface area contributed by atoms with Gasteiger partial charge < -0.3 is 11.1 Å². The van der Waals surface area contributed by atoms with Gasteiger partial charge in [0.2, 0.25) is 0 Å². The fourth-order valence-electron chi connectivity index (χ4n) is 0.405. The van der Waals surface area contributed by atoms with Gasteiger partial charge in [-0.2, -0.15) is 0 Å². The van der Waals surface area contributed by atoms with Crippen molar-refractivity contribution in [1.29, 1.82) is 0 Å². The number of aliphatic imine (C=N–C) groups is 1. The molecule has 0 saturated heterocycles. The summed E-state index contributed by atoms with van der Waals surface area (Å²) in [5.41, 5.74) is 5.97. The summed E-state index contributed by atoms with van der Waals surface area (Å²) in [4.78, 5) is 3.83.